The van der Waals surface area contributed by atoms with Crippen molar-refractivity contribution in [2.45, 2.75) is 111 Å². The summed E-state index contributed by atoms with van der Waals surface area (Å²) in [6.07, 6.45) is 7.72. The summed E-state index contributed by atoms with van der Waals surface area (Å²) in [4.78, 5) is 61.2. The number of anilines is 2. The molecule has 4 N–H and O–H groups in total. The number of fused-ring (bicyclic) bond motifs is 4. The molecule has 8 rings (SSSR count). The van der Waals surface area contributed by atoms with Gasteiger partial charge in [-0.25, -0.2) is 14.8 Å². The molecule has 15 heteroatoms. The Morgan fingerprint density at radius 3 is 2.48 bits per heavy atom. The number of carboxylic acids is 2. The number of carbonyl (C=O) groups is 4. The van der Waals surface area contributed by atoms with Gasteiger partial charge in [0.05, 0.1) is 35.0 Å². The summed E-state index contributed by atoms with van der Waals surface area (Å²) < 4.78 is 9.84. The maximum atomic E-state index is 13.7. The third-order valence-corrected chi connectivity index (χ3v) is 14.4. The largest absolute Gasteiger partial charge is 0.481 e. The zero-order chi connectivity index (χ0) is 44.7. The van der Waals surface area contributed by atoms with Crippen LogP contribution in [0, 0.1) is 23.2 Å². The summed E-state index contributed by atoms with van der Waals surface area (Å²) in [6.45, 7) is 13.5. The molecular weight excluding hydrogens is 819 g/mol. The zero-order valence-corrected chi connectivity index (χ0v) is 37.6. The molecule has 3 aromatic heterocycles. The lowest BCUT2D eigenvalue weighted by Crippen LogP contribution is -2.58. The van der Waals surface area contributed by atoms with Gasteiger partial charge in [-0.05, 0) is 110 Å². The highest BCUT2D eigenvalue weighted by molar-refractivity contribution is 7.22. The zero-order valence-electron chi connectivity index (χ0n) is 36.8. The topological polar surface area (TPSA) is 189 Å². The van der Waals surface area contributed by atoms with E-state index in [1.54, 1.807) is 6.20 Å². The Morgan fingerprint density at radius 1 is 0.905 bits per heavy atom. The van der Waals surface area contributed by atoms with Gasteiger partial charge in [0.15, 0.2) is 10.8 Å². The number of hydrogen-bond acceptors (Lipinski definition) is 10. The van der Waals surface area contributed by atoms with Crippen molar-refractivity contribution >= 4 is 56.3 Å². The van der Waals surface area contributed by atoms with Crippen molar-refractivity contribution in [1.29, 1.82) is 0 Å². The first-order chi connectivity index (χ1) is 30.0. The average molecular weight is 876 g/mol. The molecule has 0 saturated heterocycles. The SMILES string of the molecule is CCC1(Cn2ncc(-c3ccc(N4CCc5cccc(C(=O)Nc6nc7ccccc7s6)c5C4)nc3C(=O)O)c2C)CC2(C)CC(C)(C)CC(OCCNC(=O)CCC(=O)O)(C2)C1. The molecule has 63 heavy (non-hydrogen) atoms. The van der Waals surface area contributed by atoms with Gasteiger partial charge in [-0.3, -0.25) is 24.4 Å². The number of hydrogen-bond donors (Lipinski definition) is 4. The second-order valence-corrected chi connectivity index (χ2v) is 20.2. The molecule has 3 atom stereocenters. The minimum Gasteiger partial charge on any atom is -0.481 e. The maximum Gasteiger partial charge on any atom is 0.355 e. The minimum absolute atomic E-state index is 0.0107. The highest BCUT2D eigenvalue weighted by atomic mass is 32.1. The first-order valence-electron chi connectivity index (χ1n) is 21.9. The Hall–Kier alpha value is -5.67. The van der Waals surface area contributed by atoms with E-state index in [1.165, 1.54) is 11.3 Å². The number of benzene rings is 2. The molecule has 3 unspecified atom stereocenters. The first kappa shape index (κ1) is 44.0. The van der Waals surface area contributed by atoms with E-state index in [9.17, 15) is 24.3 Å². The van der Waals surface area contributed by atoms with Crippen LogP contribution >= 0.6 is 11.3 Å². The number of aliphatic carboxylic acids is 1. The summed E-state index contributed by atoms with van der Waals surface area (Å²) in [5.41, 5.74) is 4.84. The van der Waals surface area contributed by atoms with Gasteiger partial charge in [0.1, 0.15) is 5.82 Å². The second kappa shape index (κ2) is 17.1. The lowest BCUT2D eigenvalue weighted by Gasteiger charge is -2.62. The fraction of sp³-hybridized carbons (Fsp3) is 0.479. The van der Waals surface area contributed by atoms with Gasteiger partial charge in [-0.2, -0.15) is 5.10 Å². The van der Waals surface area contributed by atoms with Gasteiger partial charge in [-0.1, -0.05) is 63.3 Å². The molecule has 4 heterocycles. The number of amides is 2. The molecule has 332 valence electrons. The van der Waals surface area contributed by atoms with Crippen molar-refractivity contribution in [3.05, 3.63) is 88.9 Å². The fourth-order valence-electron chi connectivity index (χ4n) is 11.6. The fourth-order valence-corrected chi connectivity index (χ4v) is 12.4. The number of para-hydroxylation sites is 1. The molecule has 5 aromatic rings. The third kappa shape index (κ3) is 9.35. The Bertz CT molecular complexity index is 2550. The van der Waals surface area contributed by atoms with Gasteiger partial charge < -0.3 is 25.2 Å². The molecule has 14 nitrogen and oxygen atoms in total. The Kier molecular flexibility index (Phi) is 12.0. The van der Waals surface area contributed by atoms with Crippen LogP contribution in [-0.2, 0) is 33.8 Å². The Labute approximate surface area is 371 Å². The number of aromatic carboxylic acids is 1. The molecule has 1 aliphatic heterocycles. The third-order valence-electron chi connectivity index (χ3n) is 13.4. The number of rotatable bonds is 15. The minimum atomic E-state index is -1.13. The van der Waals surface area contributed by atoms with Crippen LogP contribution in [0.1, 0.15) is 117 Å². The summed E-state index contributed by atoms with van der Waals surface area (Å²) in [6, 6.07) is 17.2. The van der Waals surface area contributed by atoms with E-state index in [2.05, 4.69) is 43.3 Å². The number of nitrogens with zero attached hydrogens (tertiary/aromatic N) is 5. The molecule has 0 spiro atoms. The van der Waals surface area contributed by atoms with Crippen molar-refractivity contribution < 1.29 is 34.1 Å². The van der Waals surface area contributed by atoms with Gasteiger partial charge in [0.2, 0.25) is 5.91 Å². The van der Waals surface area contributed by atoms with Crippen LogP contribution in [0.2, 0.25) is 0 Å². The number of aromatic nitrogens is 4. The van der Waals surface area contributed by atoms with Crippen LogP contribution in [0.5, 0.6) is 0 Å². The van der Waals surface area contributed by atoms with Crippen LogP contribution in [-0.4, -0.2) is 79.0 Å². The van der Waals surface area contributed by atoms with Gasteiger partial charge >= 0.3 is 11.9 Å². The average Bonchev–Trinajstić information content (AvgIpc) is 3.81. The summed E-state index contributed by atoms with van der Waals surface area (Å²) in [7, 11) is 0. The molecule has 2 aromatic carbocycles. The van der Waals surface area contributed by atoms with E-state index < -0.39 is 17.5 Å². The number of pyridine rings is 1. The molecule has 2 aliphatic carbocycles. The summed E-state index contributed by atoms with van der Waals surface area (Å²) in [5.74, 6) is -2.15. The van der Waals surface area contributed by atoms with E-state index in [0.717, 1.165) is 65.6 Å². The van der Waals surface area contributed by atoms with Gasteiger partial charge in [0, 0.05) is 55.0 Å². The monoisotopic (exact) mass is 875 g/mol. The molecule has 2 fully saturated rings. The summed E-state index contributed by atoms with van der Waals surface area (Å²) >= 11 is 1.43. The summed E-state index contributed by atoms with van der Waals surface area (Å²) in [5, 5.41) is 30.8. The lowest BCUT2D eigenvalue weighted by atomic mass is 9.47. The quantitative estimate of drug-likeness (QED) is 0.0738. The maximum absolute atomic E-state index is 13.7. The van der Waals surface area contributed by atoms with Crippen LogP contribution in [0.25, 0.3) is 21.3 Å². The predicted molar refractivity (Wildman–Crippen MR) is 242 cm³/mol. The van der Waals surface area contributed by atoms with Crippen LogP contribution in [0.3, 0.4) is 0 Å². The van der Waals surface area contributed by atoms with E-state index in [0.29, 0.717) is 66.8 Å². The van der Waals surface area contributed by atoms with Crippen LogP contribution in [0.15, 0.2) is 60.8 Å². The first-order valence-corrected chi connectivity index (χ1v) is 22.7. The smallest absolute Gasteiger partial charge is 0.355 e. The highest BCUT2D eigenvalue weighted by Gasteiger charge is 2.59. The van der Waals surface area contributed by atoms with Gasteiger partial charge in [-0.15, -0.1) is 0 Å². The normalized spacial score (nSPS) is 22.7. The standard InChI is InChI=1S/C48H57N7O7S/c1-6-47(26-46(5)24-45(3,4)25-48(27-46,28-47)62-21-19-49-39(56)16-17-40(57)58)29-55-30(2)34(22-50-55)32-14-15-38(52-41(32)43(60)61)54-20-18-31-10-9-11-33(35(31)23-54)42(59)53-44-51-36-12-7-8-13-37(36)63-44/h7-15,22H,6,16-21,23-29H2,1-5H3,(H,49,56)(H,57,58)(H,60,61)(H,51,53,59). The van der Waals surface area contributed by atoms with Crippen LogP contribution < -0.4 is 15.5 Å². The van der Waals surface area contributed by atoms with Crippen molar-refractivity contribution in [1.82, 2.24) is 25.1 Å². The van der Waals surface area contributed by atoms with E-state index in [-0.39, 0.29) is 46.6 Å². The number of thiazole rings is 1. The van der Waals surface area contributed by atoms with E-state index >= 15 is 0 Å². The van der Waals surface area contributed by atoms with Crippen LogP contribution in [0.4, 0.5) is 10.9 Å². The molecule has 2 saturated carbocycles. The van der Waals surface area contributed by atoms with Crippen molar-refractivity contribution in [2.24, 2.45) is 16.2 Å². The number of ether oxygens (including phenoxy) is 1. The molecule has 3 aliphatic rings. The number of carbonyl (C=O) groups excluding carboxylic acids is 2. The lowest BCUT2D eigenvalue weighted by molar-refractivity contribution is -0.197. The van der Waals surface area contributed by atoms with Crippen molar-refractivity contribution in [3.63, 3.8) is 0 Å². The molecule has 2 amide bonds. The Balaban J connectivity index is 1.00. The van der Waals surface area contributed by atoms with Gasteiger partial charge in [0.25, 0.3) is 5.91 Å². The molecule has 0 radical (unpaired) electrons. The highest BCUT2D eigenvalue weighted by Crippen LogP contribution is 2.64. The molecule has 2 bridgehead atoms. The van der Waals surface area contributed by atoms with E-state index in [1.807, 2.05) is 71.1 Å². The van der Waals surface area contributed by atoms with E-state index in [4.69, 9.17) is 19.9 Å². The second-order valence-electron chi connectivity index (χ2n) is 19.2. The van der Waals surface area contributed by atoms with Crippen molar-refractivity contribution in [3.8, 4) is 11.1 Å². The number of carboxylic acid groups (broad SMARTS) is 2. The Morgan fingerprint density at radius 2 is 1.71 bits per heavy atom. The predicted octanol–water partition coefficient (Wildman–Crippen LogP) is 8.52. The molecular formula is C48H57N7O7S. The van der Waals surface area contributed by atoms with Crippen molar-refractivity contribution in [2.75, 3.05) is 29.9 Å². The number of nitrogens with one attached hydrogen (secondary N) is 2.